The third-order valence-electron chi connectivity index (χ3n) is 3.73. The molecule has 0 aliphatic heterocycles. The van der Waals surface area contributed by atoms with Crippen LogP contribution in [0.5, 0.6) is 0 Å². The van der Waals surface area contributed by atoms with Crippen molar-refractivity contribution >= 4 is 11.7 Å². The van der Waals surface area contributed by atoms with E-state index in [1.165, 1.54) is 0 Å². The number of carbonyl (C=O) groups excluding carboxylic acids is 2. The predicted octanol–water partition coefficient (Wildman–Crippen LogP) is 3.52. The number of hydrogen-bond donors (Lipinski definition) is 1. The quantitative estimate of drug-likeness (QED) is 0.756. The topological polar surface area (TPSA) is 46.2 Å². The Balaban J connectivity index is 2.69. The van der Waals surface area contributed by atoms with Gasteiger partial charge in [0.25, 0.3) is 0 Å². The maximum atomic E-state index is 12.4. The molecule has 3 heteroatoms. The first-order valence-electron chi connectivity index (χ1n) is 7.93. The van der Waals surface area contributed by atoms with Crippen LogP contribution in [0.1, 0.15) is 52.0 Å². The van der Waals surface area contributed by atoms with E-state index < -0.39 is 6.04 Å². The minimum absolute atomic E-state index is 0.0129. The molecule has 1 atom stereocenters. The zero-order valence-electron chi connectivity index (χ0n) is 13.4. The fourth-order valence-electron chi connectivity index (χ4n) is 2.54. The summed E-state index contributed by atoms with van der Waals surface area (Å²) in [5.41, 5.74) is 1.07. The molecule has 0 spiro atoms. The number of benzene rings is 1. The van der Waals surface area contributed by atoms with Gasteiger partial charge in [-0.05, 0) is 31.7 Å². The summed E-state index contributed by atoms with van der Waals surface area (Å²) in [5.74, 6) is 0.0615. The van der Waals surface area contributed by atoms with Crippen molar-refractivity contribution in [2.24, 2.45) is 5.92 Å². The Morgan fingerprint density at radius 2 is 1.62 bits per heavy atom. The van der Waals surface area contributed by atoms with Crippen molar-refractivity contribution < 1.29 is 9.59 Å². The van der Waals surface area contributed by atoms with E-state index in [9.17, 15) is 9.59 Å². The molecule has 0 aliphatic rings. The van der Waals surface area contributed by atoms with Crippen LogP contribution in [-0.4, -0.2) is 17.7 Å². The van der Waals surface area contributed by atoms with Gasteiger partial charge < -0.3 is 5.32 Å². The van der Waals surface area contributed by atoms with E-state index in [-0.39, 0.29) is 17.6 Å². The lowest BCUT2D eigenvalue weighted by molar-refractivity contribution is -0.129. The van der Waals surface area contributed by atoms with Crippen LogP contribution in [0.25, 0.3) is 0 Å². The first-order valence-corrected chi connectivity index (χ1v) is 7.93. The van der Waals surface area contributed by atoms with Crippen molar-refractivity contribution in [1.82, 2.24) is 5.32 Å². The average molecular weight is 289 g/mol. The SMILES string of the molecule is CCCC(CCC)C(=O)N[C@@H](Cc1ccccc1)C(C)=O. The Hall–Kier alpha value is -1.64. The van der Waals surface area contributed by atoms with E-state index in [2.05, 4.69) is 19.2 Å². The van der Waals surface area contributed by atoms with E-state index >= 15 is 0 Å². The third kappa shape index (κ3) is 6.11. The van der Waals surface area contributed by atoms with E-state index in [1.54, 1.807) is 6.92 Å². The number of ketones is 1. The Labute approximate surface area is 128 Å². The van der Waals surface area contributed by atoms with E-state index in [1.807, 2.05) is 30.3 Å². The molecule has 0 aliphatic carbocycles. The lowest BCUT2D eigenvalue weighted by atomic mass is 9.96. The average Bonchev–Trinajstić information content (AvgIpc) is 2.47. The van der Waals surface area contributed by atoms with Crippen LogP contribution >= 0.6 is 0 Å². The van der Waals surface area contributed by atoms with Gasteiger partial charge in [0, 0.05) is 5.92 Å². The molecule has 1 amide bonds. The molecule has 0 fully saturated rings. The van der Waals surface area contributed by atoms with E-state index in [0.717, 1.165) is 31.2 Å². The number of carbonyl (C=O) groups is 2. The maximum Gasteiger partial charge on any atom is 0.223 e. The second-order valence-electron chi connectivity index (χ2n) is 5.64. The van der Waals surface area contributed by atoms with Crippen LogP contribution in [0.3, 0.4) is 0 Å². The lowest BCUT2D eigenvalue weighted by Gasteiger charge is -2.21. The Morgan fingerprint density at radius 1 is 1.05 bits per heavy atom. The van der Waals surface area contributed by atoms with Gasteiger partial charge in [0.15, 0.2) is 5.78 Å². The summed E-state index contributed by atoms with van der Waals surface area (Å²) < 4.78 is 0. The summed E-state index contributed by atoms with van der Waals surface area (Å²) in [6.45, 7) is 5.72. The number of rotatable bonds is 9. The summed E-state index contributed by atoms with van der Waals surface area (Å²) in [6, 6.07) is 9.39. The highest BCUT2D eigenvalue weighted by molar-refractivity contribution is 5.88. The van der Waals surface area contributed by atoms with Gasteiger partial charge in [-0.3, -0.25) is 9.59 Å². The molecular formula is C18H27NO2. The second kappa shape index (κ2) is 9.32. The van der Waals surface area contributed by atoms with Crippen LogP contribution < -0.4 is 5.32 Å². The third-order valence-corrected chi connectivity index (χ3v) is 3.73. The minimum atomic E-state index is -0.420. The molecule has 1 rings (SSSR count). The summed E-state index contributed by atoms with van der Waals surface area (Å²) in [7, 11) is 0. The molecule has 0 radical (unpaired) electrons. The standard InChI is InChI=1S/C18H27NO2/c1-4-9-16(10-5-2)18(21)19-17(14(3)20)13-15-11-7-6-8-12-15/h6-8,11-12,16-17H,4-5,9-10,13H2,1-3H3,(H,19,21)/t17-/m0/s1. The fourth-order valence-corrected chi connectivity index (χ4v) is 2.54. The Kier molecular flexibility index (Phi) is 7.73. The number of hydrogen-bond acceptors (Lipinski definition) is 2. The van der Waals surface area contributed by atoms with Crippen LogP contribution in [0.4, 0.5) is 0 Å². The smallest absolute Gasteiger partial charge is 0.223 e. The maximum absolute atomic E-state index is 12.4. The molecule has 0 saturated heterocycles. The number of Topliss-reactive ketones (excluding diaryl/α,β-unsaturated/α-hetero) is 1. The molecule has 0 heterocycles. The highest BCUT2D eigenvalue weighted by Crippen LogP contribution is 2.14. The van der Waals surface area contributed by atoms with Crippen LogP contribution in [0.15, 0.2) is 30.3 Å². The molecule has 1 aromatic rings. The van der Waals surface area contributed by atoms with Crippen molar-refractivity contribution in [3.63, 3.8) is 0 Å². The molecule has 0 bridgehead atoms. The Morgan fingerprint density at radius 3 is 2.10 bits per heavy atom. The molecular weight excluding hydrogens is 262 g/mol. The van der Waals surface area contributed by atoms with Gasteiger partial charge in [-0.1, -0.05) is 57.0 Å². The van der Waals surface area contributed by atoms with Crippen LogP contribution in [0, 0.1) is 5.92 Å². The second-order valence-corrected chi connectivity index (χ2v) is 5.64. The highest BCUT2D eigenvalue weighted by Gasteiger charge is 2.22. The van der Waals surface area contributed by atoms with E-state index in [0.29, 0.717) is 6.42 Å². The van der Waals surface area contributed by atoms with Crippen LogP contribution in [-0.2, 0) is 16.0 Å². The van der Waals surface area contributed by atoms with Crippen molar-refractivity contribution in [2.75, 3.05) is 0 Å². The van der Waals surface area contributed by atoms with Crippen molar-refractivity contribution in [3.05, 3.63) is 35.9 Å². The van der Waals surface area contributed by atoms with Crippen molar-refractivity contribution in [1.29, 1.82) is 0 Å². The largest absolute Gasteiger partial charge is 0.346 e. The van der Waals surface area contributed by atoms with Crippen LogP contribution in [0.2, 0.25) is 0 Å². The molecule has 0 aromatic heterocycles. The number of amides is 1. The van der Waals surface area contributed by atoms with Crippen molar-refractivity contribution in [3.8, 4) is 0 Å². The zero-order valence-corrected chi connectivity index (χ0v) is 13.4. The summed E-state index contributed by atoms with van der Waals surface area (Å²) in [4.78, 5) is 24.2. The van der Waals surface area contributed by atoms with Gasteiger partial charge in [-0.2, -0.15) is 0 Å². The van der Waals surface area contributed by atoms with Crippen molar-refractivity contribution in [2.45, 2.75) is 58.9 Å². The first kappa shape index (κ1) is 17.4. The first-order chi connectivity index (χ1) is 10.1. The molecule has 116 valence electrons. The molecule has 0 saturated carbocycles. The minimum Gasteiger partial charge on any atom is -0.346 e. The lowest BCUT2D eigenvalue weighted by Crippen LogP contribution is -2.44. The summed E-state index contributed by atoms with van der Waals surface area (Å²) in [6.07, 6.45) is 4.31. The molecule has 1 N–H and O–H groups in total. The zero-order chi connectivity index (χ0) is 15.7. The van der Waals surface area contributed by atoms with Gasteiger partial charge in [-0.15, -0.1) is 0 Å². The van der Waals surface area contributed by atoms with Gasteiger partial charge >= 0.3 is 0 Å². The fraction of sp³-hybridized carbons (Fsp3) is 0.556. The normalized spacial score (nSPS) is 12.2. The predicted molar refractivity (Wildman–Crippen MR) is 86.1 cm³/mol. The van der Waals surface area contributed by atoms with E-state index in [4.69, 9.17) is 0 Å². The van der Waals surface area contributed by atoms with Gasteiger partial charge in [0.1, 0.15) is 0 Å². The molecule has 21 heavy (non-hydrogen) atoms. The monoisotopic (exact) mass is 289 g/mol. The van der Waals surface area contributed by atoms with Gasteiger partial charge in [0.2, 0.25) is 5.91 Å². The molecule has 3 nitrogen and oxygen atoms in total. The van der Waals surface area contributed by atoms with Gasteiger partial charge in [-0.25, -0.2) is 0 Å². The summed E-state index contributed by atoms with van der Waals surface area (Å²) >= 11 is 0. The molecule has 1 aromatic carbocycles. The number of nitrogens with one attached hydrogen (secondary N) is 1. The Bertz CT molecular complexity index is 436. The summed E-state index contributed by atoms with van der Waals surface area (Å²) in [5, 5.41) is 2.95. The molecule has 0 unspecified atom stereocenters. The van der Waals surface area contributed by atoms with Gasteiger partial charge in [0.05, 0.1) is 6.04 Å². The highest BCUT2D eigenvalue weighted by atomic mass is 16.2.